The van der Waals surface area contributed by atoms with Gasteiger partial charge in [0, 0.05) is 29.2 Å². The highest BCUT2D eigenvalue weighted by molar-refractivity contribution is 5.75. The minimum atomic E-state index is -0.423. The van der Waals surface area contributed by atoms with Crippen molar-refractivity contribution < 1.29 is 9.53 Å². The standard InChI is InChI=1S/C17H22N4O3/c1-10-6-11(2)19-16(24-5)14(10)8-18-15(22)9-21-13(4)7-12(3)20-17(21)23/h6-7H,8-9H2,1-5H3,(H,18,22). The number of nitrogens with one attached hydrogen (secondary N) is 1. The van der Waals surface area contributed by atoms with Crippen molar-refractivity contribution in [2.24, 2.45) is 0 Å². The third-order valence-electron chi connectivity index (χ3n) is 3.74. The molecule has 0 unspecified atom stereocenters. The SMILES string of the molecule is COc1nc(C)cc(C)c1CNC(=O)Cn1c(C)cc(C)nc1=O. The van der Waals surface area contributed by atoms with Gasteiger partial charge in [-0.1, -0.05) is 0 Å². The Morgan fingerprint density at radius 3 is 2.46 bits per heavy atom. The minimum absolute atomic E-state index is 0.0708. The highest BCUT2D eigenvalue weighted by Gasteiger charge is 2.12. The summed E-state index contributed by atoms with van der Waals surface area (Å²) in [4.78, 5) is 32.3. The van der Waals surface area contributed by atoms with Gasteiger partial charge in [0.15, 0.2) is 0 Å². The van der Waals surface area contributed by atoms with E-state index < -0.39 is 5.69 Å². The highest BCUT2D eigenvalue weighted by Crippen LogP contribution is 2.20. The average Bonchev–Trinajstić information content (AvgIpc) is 2.49. The molecule has 7 nitrogen and oxygen atoms in total. The summed E-state index contributed by atoms with van der Waals surface area (Å²) in [5.41, 5.74) is 3.59. The number of carbonyl (C=O) groups is 1. The Bertz CT molecular complexity index is 827. The molecule has 2 rings (SSSR count). The van der Waals surface area contributed by atoms with Crippen molar-refractivity contribution in [2.75, 3.05) is 7.11 Å². The van der Waals surface area contributed by atoms with Gasteiger partial charge in [0.1, 0.15) is 6.54 Å². The smallest absolute Gasteiger partial charge is 0.348 e. The van der Waals surface area contributed by atoms with Gasteiger partial charge < -0.3 is 10.1 Å². The number of pyridine rings is 1. The molecule has 0 aromatic carbocycles. The van der Waals surface area contributed by atoms with E-state index in [1.165, 1.54) is 4.57 Å². The monoisotopic (exact) mass is 330 g/mol. The molecule has 1 amide bonds. The lowest BCUT2D eigenvalue weighted by atomic mass is 10.1. The maximum Gasteiger partial charge on any atom is 0.348 e. The summed E-state index contributed by atoms with van der Waals surface area (Å²) in [7, 11) is 1.55. The number of amides is 1. The number of methoxy groups -OCH3 is 1. The molecule has 2 aromatic rings. The molecule has 2 heterocycles. The molecule has 0 spiro atoms. The molecule has 128 valence electrons. The number of nitrogens with zero attached hydrogens (tertiary/aromatic N) is 3. The molecule has 7 heteroatoms. The van der Waals surface area contributed by atoms with Crippen LogP contribution in [0.25, 0.3) is 0 Å². The Kier molecular flexibility index (Phi) is 5.33. The summed E-state index contributed by atoms with van der Waals surface area (Å²) in [5, 5.41) is 2.81. The largest absolute Gasteiger partial charge is 0.481 e. The molecule has 0 aliphatic carbocycles. The van der Waals surface area contributed by atoms with Crippen LogP contribution in [0.1, 0.15) is 28.2 Å². The number of ether oxygens (including phenoxy) is 1. The summed E-state index contributed by atoms with van der Waals surface area (Å²) in [6.45, 7) is 7.57. The predicted octanol–water partition coefficient (Wildman–Crippen LogP) is 1.20. The number of rotatable bonds is 5. The average molecular weight is 330 g/mol. The molecule has 24 heavy (non-hydrogen) atoms. The lowest BCUT2D eigenvalue weighted by Gasteiger charge is -2.14. The number of hydrogen-bond donors (Lipinski definition) is 1. The van der Waals surface area contributed by atoms with E-state index in [2.05, 4.69) is 15.3 Å². The second-order valence-electron chi connectivity index (χ2n) is 5.75. The van der Waals surface area contributed by atoms with E-state index in [1.54, 1.807) is 27.0 Å². The zero-order valence-electron chi connectivity index (χ0n) is 14.6. The van der Waals surface area contributed by atoms with E-state index in [9.17, 15) is 9.59 Å². The molecule has 0 fully saturated rings. The first-order valence-electron chi connectivity index (χ1n) is 7.64. The van der Waals surface area contributed by atoms with Crippen molar-refractivity contribution in [3.05, 3.63) is 50.8 Å². The number of hydrogen-bond acceptors (Lipinski definition) is 5. The van der Waals surface area contributed by atoms with E-state index in [4.69, 9.17) is 4.74 Å². The molecule has 0 atom stereocenters. The fraction of sp³-hybridized carbons (Fsp3) is 0.412. The van der Waals surface area contributed by atoms with Crippen LogP contribution in [0.4, 0.5) is 0 Å². The molecule has 0 aliphatic rings. The predicted molar refractivity (Wildman–Crippen MR) is 90.1 cm³/mol. The molecule has 0 saturated heterocycles. The van der Waals surface area contributed by atoms with Gasteiger partial charge in [0.05, 0.1) is 7.11 Å². The van der Waals surface area contributed by atoms with E-state index >= 15 is 0 Å². The normalized spacial score (nSPS) is 10.5. The fourth-order valence-electron chi connectivity index (χ4n) is 2.57. The van der Waals surface area contributed by atoms with Crippen molar-refractivity contribution in [1.29, 1.82) is 0 Å². The van der Waals surface area contributed by atoms with E-state index in [0.29, 0.717) is 17.3 Å². The first kappa shape index (κ1) is 17.7. The second-order valence-corrected chi connectivity index (χ2v) is 5.75. The molecule has 2 aromatic heterocycles. The zero-order chi connectivity index (χ0) is 17.9. The summed E-state index contributed by atoms with van der Waals surface area (Å²) >= 11 is 0. The Morgan fingerprint density at radius 1 is 1.17 bits per heavy atom. The summed E-state index contributed by atoms with van der Waals surface area (Å²) in [5.74, 6) is 0.228. The third kappa shape index (κ3) is 3.98. The van der Waals surface area contributed by atoms with Crippen LogP contribution in [-0.4, -0.2) is 27.6 Å². The van der Waals surface area contributed by atoms with Crippen LogP contribution in [0, 0.1) is 27.7 Å². The van der Waals surface area contributed by atoms with Gasteiger partial charge in [-0.15, -0.1) is 0 Å². The highest BCUT2D eigenvalue weighted by atomic mass is 16.5. The first-order valence-corrected chi connectivity index (χ1v) is 7.64. The van der Waals surface area contributed by atoms with Crippen LogP contribution in [0.3, 0.4) is 0 Å². The Hall–Kier alpha value is -2.70. The Morgan fingerprint density at radius 2 is 1.83 bits per heavy atom. The Balaban J connectivity index is 2.11. The number of aromatic nitrogens is 3. The van der Waals surface area contributed by atoms with Crippen molar-refractivity contribution in [1.82, 2.24) is 19.9 Å². The Labute approximate surface area is 140 Å². The lowest BCUT2D eigenvalue weighted by Crippen LogP contribution is -2.34. The van der Waals surface area contributed by atoms with Gasteiger partial charge in [-0.2, -0.15) is 4.98 Å². The number of carbonyl (C=O) groups excluding carboxylic acids is 1. The van der Waals surface area contributed by atoms with Gasteiger partial charge in [0.2, 0.25) is 11.8 Å². The third-order valence-corrected chi connectivity index (χ3v) is 3.74. The molecule has 0 saturated carbocycles. The summed E-state index contributed by atoms with van der Waals surface area (Å²) in [6, 6.07) is 3.70. The zero-order valence-corrected chi connectivity index (χ0v) is 14.6. The molecule has 0 aliphatic heterocycles. The summed E-state index contributed by atoms with van der Waals surface area (Å²) < 4.78 is 6.63. The van der Waals surface area contributed by atoms with Gasteiger partial charge in [-0.25, -0.2) is 9.78 Å². The van der Waals surface area contributed by atoms with Crippen LogP contribution in [0.15, 0.2) is 16.9 Å². The first-order chi connectivity index (χ1) is 11.3. The van der Waals surface area contributed by atoms with Gasteiger partial charge in [-0.3, -0.25) is 9.36 Å². The minimum Gasteiger partial charge on any atom is -0.481 e. The van der Waals surface area contributed by atoms with Crippen LogP contribution < -0.4 is 15.7 Å². The van der Waals surface area contributed by atoms with Crippen molar-refractivity contribution in [2.45, 2.75) is 40.8 Å². The fourth-order valence-corrected chi connectivity index (χ4v) is 2.57. The van der Waals surface area contributed by atoms with Crippen LogP contribution in [0.2, 0.25) is 0 Å². The van der Waals surface area contributed by atoms with Crippen LogP contribution >= 0.6 is 0 Å². The second kappa shape index (κ2) is 7.25. The number of aryl methyl sites for hydroxylation is 4. The van der Waals surface area contributed by atoms with E-state index in [-0.39, 0.29) is 19.0 Å². The molecular weight excluding hydrogens is 308 g/mol. The van der Waals surface area contributed by atoms with Gasteiger partial charge in [0.25, 0.3) is 0 Å². The summed E-state index contributed by atoms with van der Waals surface area (Å²) in [6.07, 6.45) is 0. The maximum atomic E-state index is 12.2. The van der Waals surface area contributed by atoms with Crippen LogP contribution in [-0.2, 0) is 17.9 Å². The van der Waals surface area contributed by atoms with Crippen molar-refractivity contribution in [3.8, 4) is 5.88 Å². The van der Waals surface area contributed by atoms with E-state index in [1.807, 2.05) is 19.9 Å². The maximum absolute atomic E-state index is 12.2. The van der Waals surface area contributed by atoms with Crippen molar-refractivity contribution in [3.63, 3.8) is 0 Å². The molecule has 0 radical (unpaired) electrons. The molecule has 0 bridgehead atoms. The quantitative estimate of drug-likeness (QED) is 0.890. The van der Waals surface area contributed by atoms with Gasteiger partial charge >= 0.3 is 5.69 Å². The van der Waals surface area contributed by atoms with Crippen molar-refractivity contribution >= 4 is 5.91 Å². The lowest BCUT2D eigenvalue weighted by molar-refractivity contribution is -0.121. The van der Waals surface area contributed by atoms with Gasteiger partial charge in [-0.05, 0) is 45.4 Å². The molecular formula is C17H22N4O3. The van der Waals surface area contributed by atoms with Crippen LogP contribution in [0.5, 0.6) is 5.88 Å². The van der Waals surface area contributed by atoms with E-state index in [0.717, 1.165) is 16.8 Å². The molecule has 1 N–H and O–H groups in total. The topological polar surface area (TPSA) is 86.1 Å².